The molecule has 4 aromatic rings. The predicted octanol–water partition coefficient (Wildman–Crippen LogP) is 4.81. The van der Waals surface area contributed by atoms with Crippen molar-refractivity contribution >= 4 is 27.5 Å². The molecular formula is C27H30N4O3S. The lowest BCUT2D eigenvalue weighted by atomic mass is 9.98. The van der Waals surface area contributed by atoms with Crippen molar-refractivity contribution in [3.63, 3.8) is 0 Å². The summed E-state index contributed by atoms with van der Waals surface area (Å²) in [7, 11) is 7.28. The molecule has 0 aliphatic carbocycles. The Labute approximate surface area is 209 Å². The number of hydrogen-bond donors (Lipinski definition) is 1. The van der Waals surface area contributed by atoms with Crippen LogP contribution in [0.4, 0.5) is 0 Å². The normalized spacial score (nSPS) is 11.3. The highest BCUT2D eigenvalue weighted by atomic mass is 32.1. The quantitative estimate of drug-likeness (QED) is 0.363. The summed E-state index contributed by atoms with van der Waals surface area (Å²) in [6.07, 6.45) is 0. The highest BCUT2D eigenvalue weighted by Crippen LogP contribution is 2.35. The summed E-state index contributed by atoms with van der Waals surface area (Å²) in [5.41, 5.74) is 5.36. The molecule has 4 rings (SSSR count). The van der Waals surface area contributed by atoms with Gasteiger partial charge in [0.2, 0.25) is 5.88 Å². The number of aryl methyl sites for hydroxylation is 1. The third kappa shape index (κ3) is 5.51. The zero-order chi connectivity index (χ0) is 24.9. The number of hydrogen-bond acceptors (Lipinski definition) is 7. The van der Waals surface area contributed by atoms with Gasteiger partial charge in [-0.3, -0.25) is 4.79 Å². The highest BCUT2D eigenvalue weighted by Gasteiger charge is 2.21. The van der Waals surface area contributed by atoms with E-state index in [2.05, 4.69) is 64.6 Å². The molecule has 0 atom stereocenters. The van der Waals surface area contributed by atoms with Gasteiger partial charge in [0, 0.05) is 20.2 Å². The van der Waals surface area contributed by atoms with Crippen molar-refractivity contribution in [1.29, 1.82) is 0 Å². The number of rotatable bonds is 9. The van der Waals surface area contributed by atoms with Gasteiger partial charge in [-0.05, 0) is 48.8 Å². The summed E-state index contributed by atoms with van der Waals surface area (Å²) in [6, 6.07) is 16.7. The first-order valence-corrected chi connectivity index (χ1v) is 12.2. The Hall–Kier alpha value is -3.33. The van der Waals surface area contributed by atoms with E-state index in [0.717, 1.165) is 34.2 Å². The number of carbonyl (C=O) groups is 1. The van der Waals surface area contributed by atoms with E-state index in [-0.39, 0.29) is 12.5 Å². The molecule has 0 spiro atoms. The van der Waals surface area contributed by atoms with Crippen molar-refractivity contribution in [1.82, 2.24) is 20.2 Å². The molecule has 2 heterocycles. The van der Waals surface area contributed by atoms with Crippen LogP contribution in [0, 0.1) is 6.92 Å². The van der Waals surface area contributed by atoms with Crippen molar-refractivity contribution in [2.24, 2.45) is 0 Å². The number of benzene rings is 2. The van der Waals surface area contributed by atoms with Gasteiger partial charge in [0.25, 0.3) is 5.91 Å². The van der Waals surface area contributed by atoms with E-state index >= 15 is 0 Å². The number of amides is 1. The van der Waals surface area contributed by atoms with Gasteiger partial charge in [-0.15, -0.1) is 11.3 Å². The van der Waals surface area contributed by atoms with Gasteiger partial charge < -0.3 is 19.7 Å². The molecule has 0 aliphatic rings. The molecule has 1 amide bonds. The number of nitrogens with zero attached hydrogens (tertiary/aromatic N) is 3. The smallest absolute Gasteiger partial charge is 0.261 e. The SMILES string of the molecule is COCc1nc(OC)c2c(C)c(C(=O)NCc3ccccc3-c3ccc(CN(C)C)cc3)sc2n1. The monoisotopic (exact) mass is 490 g/mol. The number of fused-ring (bicyclic) bond motifs is 1. The second-order valence-corrected chi connectivity index (χ2v) is 9.59. The molecule has 0 bridgehead atoms. The molecule has 0 saturated heterocycles. The molecule has 8 heteroatoms. The average molecular weight is 491 g/mol. The van der Waals surface area contributed by atoms with Crippen LogP contribution in [-0.2, 0) is 24.4 Å². The Kier molecular flexibility index (Phi) is 7.75. The molecule has 182 valence electrons. The highest BCUT2D eigenvalue weighted by molar-refractivity contribution is 7.20. The maximum atomic E-state index is 13.2. The fraction of sp³-hybridized carbons (Fsp3) is 0.296. The van der Waals surface area contributed by atoms with E-state index in [1.165, 1.54) is 16.9 Å². The summed E-state index contributed by atoms with van der Waals surface area (Å²) in [5, 5.41) is 3.86. The first-order valence-electron chi connectivity index (χ1n) is 11.3. The number of thiophene rings is 1. The van der Waals surface area contributed by atoms with Gasteiger partial charge in [-0.2, -0.15) is 4.98 Å². The van der Waals surface area contributed by atoms with Gasteiger partial charge in [-0.1, -0.05) is 48.5 Å². The molecule has 0 fully saturated rings. The molecule has 0 saturated carbocycles. The van der Waals surface area contributed by atoms with Gasteiger partial charge in [0.15, 0.2) is 5.82 Å². The molecular weight excluding hydrogens is 460 g/mol. The van der Waals surface area contributed by atoms with Crippen LogP contribution < -0.4 is 10.1 Å². The van der Waals surface area contributed by atoms with Crippen LogP contribution in [0.1, 0.15) is 32.2 Å². The molecule has 0 radical (unpaired) electrons. The fourth-order valence-corrected chi connectivity index (χ4v) is 5.18. The van der Waals surface area contributed by atoms with E-state index in [1.807, 2.05) is 25.1 Å². The number of aromatic nitrogens is 2. The van der Waals surface area contributed by atoms with E-state index < -0.39 is 0 Å². The molecule has 2 aromatic carbocycles. The zero-order valence-electron chi connectivity index (χ0n) is 20.7. The number of nitrogens with one attached hydrogen (secondary N) is 1. The molecule has 0 unspecified atom stereocenters. The zero-order valence-corrected chi connectivity index (χ0v) is 21.5. The van der Waals surface area contributed by atoms with Crippen molar-refractivity contribution in [3.8, 4) is 17.0 Å². The second-order valence-electron chi connectivity index (χ2n) is 8.59. The second kappa shape index (κ2) is 10.9. The largest absolute Gasteiger partial charge is 0.480 e. The summed E-state index contributed by atoms with van der Waals surface area (Å²) in [4.78, 5) is 25.6. The van der Waals surface area contributed by atoms with Crippen LogP contribution in [0.2, 0.25) is 0 Å². The third-order valence-electron chi connectivity index (χ3n) is 5.70. The first kappa shape index (κ1) is 24.8. The Morgan fingerprint density at radius 3 is 2.49 bits per heavy atom. The summed E-state index contributed by atoms with van der Waals surface area (Å²) in [6.45, 7) is 3.49. The van der Waals surface area contributed by atoms with E-state index in [1.54, 1.807) is 14.2 Å². The molecule has 0 aliphatic heterocycles. The predicted molar refractivity (Wildman–Crippen MR) is 140 cm³/mol. The average Bonchev–Trinajstić information content (AvgIpc) is 3.19. The minimum Gasteiger partial charge on any atom is -0.480 e. The van der Waals surface area contributed by atoms with Crippen molar-refractivity contribution in [2.45, 2.75) is 26.6 Å². The van der Waals surface area contributed by atoms with Gasteiger partial charge in [0.05, 0.1) is 17.4 Å². The Morgan fingerprint density at radius 2 is 1.80 bits per heavy atom. The Balaban J connectivity index is 1.56. The third-order valence-corrected chi connectivity index (χ3v) is 6.88. The van der Waals surface area contributed by atoms with Gasteiger partial charge >= 0.3 is 0 Å². The Bertz CT molecular complexity index is 1330. The van der Waals surface area contributed by atoms with Gasteiger partial charge in [0.1, 0.15) is 11.4 Å². The lowest BCUT2D eigenvalue weighted by Gasteiger charge is -2.13. The Morgan fingerprint density at radius 1 is 1.06 bits per heavy atom. The van der Waals surface area contributed by atoms with E-state index in [0.29, 0.717) is 28.0 Å². The lowest BCUT2D eigenvalue weighted by molar-refractivity contribution is 0.0954. The molecule has 2 aromatic heterocycles. The van der Waals surface area contributed by atoms with Crippen LogP contribution >= 0.6 is 11.3 Å². The van der Waals surface area contributed by atoms with Crippen LogP contribution in [0.15, 0.2) is 48.5 Å². The molecule has 35 heavy (non-hydrogen) atoms. The van der Waals surface area contributed by atoms with E-state index in [9.17, 15) is 4.79 Å². The number of carbonyl (C=O) groups excluding carboxylic acids is 1. The van der Waals surface area contributed by atoms with Crippen LogP contribution in [0.25, 0.3) is 21.3 Å². The first-order chi connectivity index (χ1) is 16.9. The topological polar surface area (TPSA) is 76.6 Å². The maximum Gasteiger partial charge on any atom is 0.261 e. The maximum absolute atomic E-state index is 13.2. The van der Waals surface area contributed by atoms with Crippen molar-refractivity contribution < 1.29 is 14.3 Å². The van der Waals surface area contributed by atoms with Crippen LogP contribution in [-0.4, -0.2) is 49.1 Å². The van der Waals surface area contributed by atoms with Crippen molar-refractivity contribution in [2.75, 3.05) is 28.3 Å². The standard InChI is InChI=1S/C27H30N4O3S/c1-17-23-26(34-5)29-22(16-33-4)30-27(23)35-24(17)25(32)28-14-20-8-6-7-9-21(20)19-12-10-18(11-13-19)15-31(2)3/h6-13H,14-16H2,1-5H3,(H,28,32). The van der Waals surface area contributed by atoms with Crippen LogP contribution in [0.5, 0.6) is 5.88 Å². The lowest BCUT2D eigenvalue weighted by Crippen LogP contribution is -2.22. The summed E-state index contributed by atoms with van der Waals surface area (Å²) >= 11 is 1.34. The number of ether oxygens (including phenoxy) is 2. The van der Waals surface area contributed by atoms with Gasteiger partial charge in [-0.25, -0.2) is 4.98 Å². The van der Waals surface area contributed by atoms with Crippen LogP contribution in [0.3, 0.4) is 0 Å². The van der Waals surface area contributed by atoms with E-state index in [4.69, 9.17) is 9.47 Å². The fourth-order valence-electron chi connectivity index (χ4n) is 4.07. The molecule has 1 N–H and O–H groups in total. The number of methoxy groups -OCH3 is 2. The minimum absolute atomic E-state index is 0.142. The summed E-state index contributed by atoms with van der Waals surface area (Å²) < 4.78 is 10.6. The minimum atomic E-state index is -0.142. The molecule has 7 nitrogen and oxygen atoms in total. The van der Waals surface area contributed by atoms with Crippen molar-refractivity contribution in [3.05, 3.63) is 75.9 Å². The summed E-state index contributed by atoms with van der Waals surface area (Å²) in [5.74, 6) is 0.838.